The Labute approximate surface area is 181 Å². The van der Waals surface area contributed by atoms with Crippen molar-refractivity contribution in [1.82, 2.24) is 15.1 Å². The van der Waals surface area contributed by atoms with Crippen LogP contribution in [0.1, 0.15) is 52.4 Å². The lowest BCUT2D eigenvalue weighted by atomic mass is 9.96. The molecule has 0 bridgehead atoms. The maximum Gasteiger partial charge on any atom is 0.320 e. The molecule has 3 aliphatic heterocycles. The van der Waals surface area contributed by atoms with E-state index in [1.54, 1.807) is 23.1 Å². The van der Waals surface area contributed by atoms with Gasteiger partial charge in [-0.15, -0.1) is 0 Å². The third kappa shape index (κ3) is 3.30. The summed E-state index contributed by atoms with van der Waals surface area (Å²) in [6.45, 7) is 5.32. The third-order valence-corrected chi connectivity index (χ3v) is 6.13. The van der Waals surface area contributed by atoms with E-state index >= 15 is 0 Å². The highest BCUT2D eigenvalue weighted by Gasteiger charge is 2.40. The van der Waals surface area contributed by atoms with Crippen LogP contribution >= 0.6 is 0 Å². The van der Waals surface area contributed by atoms with Gasteiger partial charge in [-0.2, -0.15) is 0 Å². The van der Waals surface area contributed by atoms with E-state index in [0.717, 1.165) is 22.3 Å². The molecule has 3 amide bonds. The van der Waals surface area contributed by atoms with E-state index in [4.69, 9.17) is 4.99 Å². The highest BCUT2D eigenvalue weighted by molar-refractivity contribution is 6.07. The smallest absolute Gasteiger partial charge is 0.320 e. The predicted octanol–water partition coefficient (Wildman–Crippen LogP) is 3.15. The van der Waals surface area contributed by atoms with Crippen LogP contribution in [0.15, 0.2) is 52.4 Å². The van der Waals surface area contributed by atoms with Crippen molar-refractivity contribution in [2.75, 3.05) is 7.05 Å². The molecule has 0 spiro atoms. The van der Waals surface area contributed by atoms with Crippen LogP contribution in [-0.4, -0.2) is 53.0 Å². The van der Waals surface area contributed by atoms with Gasteiger partial charge in [0.1, 0.15) is 6.04 Å². The minimum Gasteiger partial charge on any atom is -0.337 e. The zero-order valence-corrected chi connectivity index (χ0v) is 17.9. The molecule has 7 nitrogen and oxygen atoms in total. The van der Waals surface area contributed by atoms with Crippen LogP contribution < -0.4 is 5.32 Å². The van der Waals surface area contributed by atoms with Crippen molar-refractivity contribution in [3.05, 3.63) is 70.3 Å². The monoisotopic (exact) mass is 415 g/mol. The zero-order chi connectivity index (χ0) is 21.7. The zero-order valence-electron chi connectivity index (χ0n) is 17.9. The van der Waals surface area contributed by atoms with Crippen molar-refractivity contribution in [3.63, 3.8) is 0 Å². The van der Waals surface area contributed by atoms with Gasteiger partial charge in [0.15, 0.2) is 12.0 Å². The Morgan fingerprint density at radius 2 is 1.94 bits per heavy atom. The molecule has 2 atom stereocenters. The van der Waals surface area contributed by atoms with Crippen LogP contribution in [0.2, 0.25) is 0 Å². The van der Waals surface area contributed by atoms with Crippen LogP contribution in [0, 0.1) is 0 Å². The number of amides is 3. The standard InChI is InChI=1S/C24H25N5O2/c1-14(2)17-6-4-5-7-19(17)21-25-11-20-22(27-21)29(24(31)26-20)12-15-8-9-18-16(10-15)13-28(3)23(18)30/h4-11,14,20,22H,12-13H2,1-3H3,(H,26,31). The Balaban J connectivity index is 1.44. The van der Waals surface area contributed by atoms with E-state index in [1.165, 1.54) is 5.56 Å². The van der Waals surface area contributed by atoms with E-state index < -0.39 is 0 Å². The van der Waals surface area contributed by atoms with Gasteiger partial charge in [-0.3, -0.25) is 9.69 Å². The molecule has 7 heteroatoms. The van der Waals surface area contributed by atoms with Crippen LogP contribution in [0.5, 0.6) is 0 Å². The second kappa shape index (κ2) is 7.34. The number of hydrogen-bond acceptors (Lipinski definition) is 4. The molecule has 3 heterocycles. The molecule has 31 heavy (non-hydrogen) atoms. The first-order valence-corrected chi connectivity index (χ1v) is 10.6. The average molecular weight is 415 g/mol. The number of carbonyl (C=O) groups is 2. The largest absolute Gasteiger partial charge is 0.337 e. The van der Waals surface area contributed by atoms with Crippen LogP contribution in [0.3, 0.4) is 0 Å². The maximum absolute atomic E-state index is 12.7. The first-order valence-electron chi connectivity index (χ1n) is 10.6. The topological polar surface area (TPSA) is 77.4 Å². The summed E-state index contributed by atoms with van der Waals surface area (Å²) in [6, 6.07) is 13.6. The second-order valence-electron chi connectivity index (χ2n) is 8.64. The van der Waals surface area contributed by atoms with Gasteiger partial charge in [0.2, 0.25) is 0 Å². The number of rotatable bonds is 4. The van der Waals surface area contributed by atoms with Gasteiger partial charge in [-0.1, -0.05) is 50.2 Å². The number of urea groups is 1. The van der Waals surface area contributed by atoms with E-state index in [2.05, 4.69) is 30.2 Å². The summed E-state index contributed by atoms with van der Waals surface area (Å²) in [6.07, 6.45) is 1.44. The van der Waals surface area contributed by atoms with Crippen molar-refractivity contribution < 1.29 is 9.59 Å². The van der Waals surface area contributed by atoms with Gasteiger partial charge in [-0.25, -0.2) is 14.8 Å². The van der Waals surface area contributed by atoms with Crippen LogP contribution in [-0.2, 0) is 13.1 Å². The minimum atomic E-state index is -0.349. The lowest BCUT2D eigenvalue weighted by molar-refractivity contribution is 0.0816. The molecule has 1 fully saturated rings. The Hall–Kier alpha value is -3.48. The fourth-order valence-electron chi connectivity index (χ4n) is 4.51. The predicted molar refractivity (Wildman–Crippen MR) is 119 cm³/mol. The van der Waals surface area contributed by atoms with Crippen molar-refractivity contribution in [2.45, 2.75) is 45.1 Å². The molecular formula is C24H25N5O2. The molecule has 2 aromatic rings. The molecule has 0 aliphatic carbocycles. The Kier molecular flexibility index (Phi) is 4.61. The molecule has 158 valence electrons. The van der Waals surface area contributed by atoms with Gasteiger partial charge in [0.05, 0.1) is 0 Å². The van der Waals surface area contributed by atoms with Crippen molar-refractivity contribution in [1.29, 1.82) is 0 Å². The summed E-state index contributed by atoms with van der Waals surface area (Å²) in [5.74, 6) is 1.05. The second-order valence-corrected chi connectivity index (χ2v) is 8.64. The minimum absolute atomic E-state index is 0.0436. The summed E-state index contributed by atoms with van der Waals surface area (Å²) < 4.78 is 0. The van der Waals surface area contributed by atoms with Gasteiger partial charge in [0, 0.05) is 37.5 Å². The van der Waals surface area contributed by atoms with Crippen molar-refractivity contribution >= 4 is 24.0 Å². The molecule has 0 aromatic heterocycles. The Morgan fingerprint density at radius 3 is 2.74 bits per heavy atom. The number of hydrogen-bond donors (Lipinski definition) is 1. The Morgan fingerprint density at radius 1 is 1.13 bits per heavy atom. The molecule has 1 N–H and O–H groups in total. The van der Waals surface area contributed by atoms with Gasteiger partial charge in [-0.05, 0) is 28.7 Å². The third-order valence-electron chi connectivity index (χ3n) is 6.13. The summed E-state index contributed by atoms with van der Waals surface area (Å²) in [4.78, 5) is 37.8. The lowest BCUT2D eigenvalue weighted by Gasteiger charge is -2.25. The number of nitrogens with zero attached hydrogens (tertiary/aromatic N) is 4. The Bertz CT molecular complexity index is 1140. The highest BCUT2D eigenvalue weighted by atomic mass is 16.2. The van der Waals surface area contributed by atoms with Gasteiger partial charge < -0.3 is 10.2 Å². The molecule has 3 aliphatic rings. The van der Waals surface area contributed by atoms with E-state index in [9.17, 15) is 9.59 Å². The number of fused-ring (bicyclic) bond motifs is 2. The fraction of sp³-hybridized carbons (Fsp3) is 0.333. The lowest BCUT2D eigenvalue weighted by Crippen LogP contribution is -2.39. The molecule has 0 radical (unpaired) electrons. The first kappa shape index (κ1) is 19.5. The highest BCUT2D eigenvalue weighted by Crippen LogP contribution is 2.27. The average Bonchev–Trinajstić information content (AvgIpc) is 3.22. The first-order chi connectivity index (χ1) is 14.9. The molecular weight excluding hydrogens is 390 g/mol. The van der Waals surface area contributed by atoms with E-state index in [1.807, 2.05) is 36.4 Å². The summed E-state index contributed by atoms with van der Waals surface area (Å²) >= 11 is 0. The molecule has 2 unspecified atom stereocenters. The van der Waals surface area contributed by atoms with E-state index in [0.29, 0.717) is 24.8 Å². The SMILES string of the molecule is CC(C)c1ccccc1C1=NC2C(C=N1)NC(=O)N2Cc1ccc2c(c1)CN(C)C2=O. The van der Waals surface area contributed by atoms with Crippen LogP contribution in [0.25, 0.3) is 0 Å². The molecule has 2 aromatic carbocycles. The number of aliphatic imine (C=N–C) groups is 2. The summed E-state index contributed by atoms with van der Waals surface area (Å²) in [5.41, 5.74) is 4.92. The summed E-state index contributed by atoms with van der Waals surface area (Å²) in [5, 5.41) is 2.97. The van der Waals surface area contributed by atoms with Crippen LogP contribution in [0.4, 0.5) is 4.79 Å². The van der Waals surface area contributed by atoms with Crippen molar-refractivity contribution in [2.24, 2.45) is 9.98 Å². The number of nitrogens with one attached hydrogen (secondary N) is 1. The van der Waals surface area contributed by atoms with Crippen molar-refractivity contribution in [3.8, 4) is 0 Å². The summed E-state index contributed by atoms with van der Waals surface area (Å²) in [7, 11) is 1.80. The number of benzene rings is 2. The quantitative estimate of drug-likeness (QED) is 0.833. The molecule has 5 rings (SSSR count). The number of amidine groups is 1. The van der Waals surface area contributed by atoms with Gasteiger partial charge >= 0.3 is 6.03 Å². The fourth-order valence-corrected chi connectivity index (χ4v) is 4.51. The normalized spacial score (nSPS) is 22.0. The maximum atomic E-state index is 12.7. The number of carbonyl (C=O) groups excluding carboxylic acids is 2. The molecule has 1 saturated heterocycles. The van der Waals surface area contributed by atoms with Gasteiger partial charge in [0.25, 0.3) is 5.91 Å². The van der Waals surface area contributed by atoms with E-state index in [-0.39, 0.29) is 24.1 Å². The molecule has 0 saturated carbocycles.